The number of anilines is 1. The van der Waals surface area contributed by atoms with Crippen molar-refractivity contribution in [1.82, 2.24) is 0 Å². The summed E-state index contributed by atoms with van der Waals surface area (Å²) in [7, 11) is 0. The van der Waals surface area contributed by atoms with E-state index in [0.29, 0.717) is 10.9 Å². The molecule has 0 aromatic heterocycles. The highest BCUT2D eigenvalue weighted by Gasteiger charge is 2.43. The van der Waals surface area contributed by atoms with Gasteiger partial charge in [0.15, 0.2) is 0 Å². The highest BCUT2D eigenvalue weighted by Crippen LogP contribution is 2.45. The van der Waals surface area contributed by atoms with Crippen LogP contribution in [0.5, 0.6) is 0 Å². The molecule has 2 aromatic carbocycles. The Morgan fingerprint density at radius 3 is 2.38 bits per heavy atom. The zero-order valence-electron chi connectivity index (χ0n) is 15.8. The predicted molar refractivity (Wildman–Crippen MR) is 115 cm³/mol. The quantitative estimate of drug-likeness (QED) is 0.583. The number of nitro benzene ring substituents is 1. The minimum absolute atomic E-state index is 0.0715. The van der Waals surface area contributed by atoms with Crippen molar-refractivity contribution in [2.45, 2.75) is 47.6 Å². The van der Waals surface area contributed by atoms with Gasteiger partial charge in [0.25, 0.3) is 5.69 Å². The van der Waals surface area contributed by atoms with Gasteiger partial charge in [-0.3, -0.25) is 15.0 Å². The van der Waals surface area contributed by atoms with E-state index >= 15 is 0 Å². The first kappa shape index (κ1) is 19.3. The van der Waals surface area contributed by atoms with Crippen LogP contribution in [0.1, 0.15) is 32.1 Å². The van der Waals surface area contributed by atoms with Crippen molar-refractivity contribution < 1.29 is 4.92 Å². The lowest BCUT2D eigenvalue weighted by molar-refractivity contribution is -0.387. The third kappa shape index (κ3) is 3.65. The average Bonchev–Trinajstić information content (AvgIpc) is 2.69. The summed E-state index contributed by atoms with van der Waals surface area (Å²) in [6, 6.07) is 14.4. The van der Waals surface area contributed by atoms with Crippen molar-refractivity contribution in [3.8, 4) is 0 Å². The molecule has 1 saturated carbocycles. The molecule has 1 heterocycles. The second-order valence-corrected chi connectivity index (χ2v) is 8.20. The summed E-state index contributed by atoms with van der Waals surface area (Å²) >= 11 is 1.34. The molecule has 1 aliphatic heterocycles. The molecule has 2 aromatic rings. The van der Waals surface area contributed by atoms with Gasteiger partial charge in [0.05, 0.1) is 15.5 Å². The Hall–Kier alpha value is -3.07. The van der Waals surface area contributed by atoms with E-state index in [1.165, 1.54) is 17.8 Å². The first-order valence-corrected chi connectivity index (χ1v) is 10.3. The number of nitrogens with zero attached hydrogens (tertiary/aromatic N) is 4. The van der Waals surface area contributed by atoms with Crippen LogP contribution in [-0.4, -0.2) is 22.5 Å². The van der Waals surface area contributed by atoms with Gasteiger partial charge < -0.3 is 11.5 Å². The molecular formula is C20H22N6O2S. The summed E-state index contributed by atoms with van der Waals surface area (Å²) in [5.41, 5.74) is 12.6. The summed E-state index contributed by atoms with van der Waals surface area (Å²) < 4.78 is 0. The molecule has 29 heavy (non-hydrogen) atoms. The van der Waals surface area contributed by atoms with Crippen molar-refractivity contribution in [2.75, 3.05) is 4.90 Å². The fraction of sp³-hybridized carbons (Fsp3) is 0.300. The summed E-state index contributed by atoms with van der Waals surface area (Å²) in [6.07, 6.45) is 4.86. The number of para-hydroxylation sites is 2. The molecule has 0 atom stereocenters. The van der Waals surface area contributed by atoms with E-state index in [4.69, 9.17) is 16.5 Å². The topological polar surface area (TPSA) is 123 Å². The Kier molecular flexibility index (Phi) is 5.14. The van der Waals surface area contributed by atoms with E-state index < -0.39 is 5.66 Å². The van der Waals surface area contributed by atoms with Crippen molar-refractivity contribution in [3.05, 3.63) is 58.6 Å². The van der Waals surface area contributed by atoms with E-state index in [-0.39, 0.29) is 16.6 Å². The number of rotatable bonds is 4. The van der Waals surface area contributed by atoms with Crippen LogP contribution >= 0.6 is 11.8 Å². The highest BCUT2D eigenvalue weighted by atomic mass is 32.2. The largest absolute Gasteiger partial charge is 0.369 e. The van der Waals surface area contributed by atoms with Gasteiger partial charge in [-0.05, 0) is 43.9 Å². The maximum atomic E-state index is 11.4. The van der Waals surface area contributed by atoms with Gasteiger partial charge in [-0.15, -0.1) is 0 Å². The molecule has 4 rings (SSSR count). The van der Waals surface area contributed by atoms with Crippen LogP contribution in [0.4, 0.5) is 11.4 Å². The molecule has 0 amide bonds. The van der Waals surface area contributed by atoms with Crippen LogP contribution in [0.2, 0.25) is 0 Å². The SMILES string of the molecule is NC1=NC2(CCCCC2)N(c2ccccc2Sc2ccccc2[N+](=O)[O-])C(N)=N1. The van der Waals surface area contributed by atoms with E-state index in [0.717, 1.165) is 42.7 Å². The second kappa shape index (κ2) is 7.75. The monoisotopic (exact) mass is 410 g/mol. The lowest BCUT2D eigenvalue weighted by atomic mass is 9.87. The first-order valence-electron chi connectivity index (χ1n) is 9.50. The minimum Gasteiger partial charge on any atom is -0.369 e. The Balaban J connectivity index is 1.78. The van der Waals surface area contributed by atoms with E-state index in [2.05, 4.69) is 4.99 Å². The second-order valence-electron chi connectivity index (χ2n) is 7.11. The number of hydrogen-bond donors (Lipinski definition) is 2. The molecule has 0 saturated heterocycles. The third-order valence-corrected chi connectivity index (χ3v) is 6.37. The number of guanidine groups is 2. The van der Waals surface area contributed by atoms with Gasteiger partial charge in [0.2, 0.25) is 11.9 Å². The van der Waals surface area contributed by atoms with Crippen molar-refractivity contribution in [3.63, 3.8) is 0 Å². The lowest BCUT2D eigenvalue weighted by Crippen LogP contribution is -2.58. The lowest BCUT2D eigenvalue weighted by Gasteiger charge is -2.46. The molecule has 4 N–H and O–H groups in total. The average molecular weight is 411 g/mol. The zero-order valence-corrected chi connectivity index (χ0v) is 16.6. The molecule has 0 bridgehead atoms. The van der Waals surface area contributed by atoms with Gasteiger partial charge in [-0.2, -0.15) is 4.99 Å². The normalized spacial score (nSPS) is 18.3. The maximum Gasteiger partial charge on any atom is 0.283 e. The Bertz CT molecular complexity index is 1000. The molecule has 9 heteroatoms. The van der Waals surface area contributed by atoms with Gasteiger partial charge in [0, 0.05) is 11.0 Å². The number of nitrogens with two attached hydrogens (primary N) is 2. The van der Waals surface area contributed by atoms with E-state index in [9.17, 15) is 10.1 Å². The Morgan fingerprint density at radius 2 is 1.66 bits per heavy atom. The third-order valence-electron chi connectivity index (χ3n) is 5.24. The maximum absolute atomic E-state index is 11.4. The summed E-state index contributed by atoms with van der Waals surface area (Å²) in [5, 5.41) is 11.4. The zero-order chi connectivity index (χ0) is 20.4. The number of benzene rings is 2. The van der Waals surface area contributed by atoms with Gasteiger partial charge in [0.1, 0.15) is 5.66 Å². The van der Waals surface area contributed by atoms with Crippen LogP contribution in [0, 0.1) is 10.1 Å². The van der Waals surface area contributed by atoms with Gasteiger partial charge in [-0.25, -0.2) is 4.99 Å². The molecule has 0 radical (unpaired) electrons. The summed E-state index contributed by atoms with van der Waals surface area (Å²) in [4.78, 5) is 23.4. The van der Waals surface area contributed by atoms with Gasteiger partial charge >= 0.3 is 0 Å². The van der Waals surface area contributed by atoms with Crippen LogP contribution in [0.3, 0.4) is 0 Å². The Labute approximate surface area is 172 Å². The molecular weight excluding hydrogens is 388 g/mol. The predicted octanol–water partition coefficient (Wildman–Crippen LogP) is 3.86. The number of aliphatic imine (C=N–C) groups is 2. The molecule has 8 nitrogen and oxygen atoms in total. The van der Waals surface area contributed by atoms with Crippen LogP contribution in [0.25, 0.3) is 0 Å². The molecule has 2 aliphatic rings. The van der Waals surface area contributed by atoms with E-state index in [1.54, 1.807) is 18.2 Å². The fourth-order valence-electron chi connectivity index (χ4n) is 4.01. The van der Waals surface area contributed by atoms with E-state index in [1.807, 2.05) is 29.2 Å². The number of nitro groups is 1. The molecule has 0 unspecified atom stereocenters. The summed E-state index contributed by atoms with van der Waals surface area (Å²) in [6.45, 7) is 0. The van der Waals surface area contributed by atoms with Crippen molar-refractivity contribution >= 4 is 35.1 Å². The molecule has 150 valence electrons. The van der Waals surface area contributed by atoms with Gasteiger partial charge in [-0.1, -0.05) is 42.4 Å². The van der Waals surface area contributed by atoms with Crippen molar-refractivity contribution in [1.29, 1.82) is 0 Å². The molecule has 1 spiro atoms. The molecule has 1 aliphatic carbocycles. The fourth-order valence-corrected chi connectivity index (χ4v) is 5.05. The first-order chi connectivity index (χ1) is 14.0. The standard InChI is InChI=1S/C20H22N6O2S/c21-18-23-19(22)25(20(24-18)12-6-1-7-13-20)14-8-2-4-10-16(14)29-17-11-5-3-9-15(17)26(27)28/h2-5,8-11H,1,6-7,12-13H2,(H4,21,22,23,24). The smallest absolute Gasteiger partial charge is 0.283 e. The van der Waals surface area contributed by atoms with Crippen LogP contribution in [-0.2, 0) is 0 Å². The van der Waals surface area contributed by atoms with Crippen molar-refractivity contribution in [2.24, 2.45) is 21.5 Å². The highest BCUT2D eigenvalue weighted by molar-refractivity contribution is 7.99. The molecule has 1 fully saturated rings. The minimum atomic E-state index is -0.562. The van der Waals surface area contributed by atoms with Crippen LogP contribution in [0.15, 0.2) is 68.3 Å². The Morgan fingerprint density at radius 1 is 1.00 bits per heavy atom. The summed E-state index contributed by atoms with van der Waals surface area (Å²) in [5.74, 6) is 0.500. The van der Waals surface area contributed by atoms with Crippen LogP contribution < -0.4 is 16.4 Å². The number of hydrogen-bond acceptors (Lipinski definition) is 8.